The molecule has 0 aliphatic rings. The van der Waals surface area contributed by atoms with E-state index in [9.17, 15) is 9.90 Å². The molecule has 146 valence electrons. The number of halogens is 1. The monoisotopic (exact) mass is 391 g/mol. The molecule has 0 radical (unpaired) electrons. The fourth-order valence-electron chi connectivity index (χ4n) is 2.51. The molecule has 2 aromatic rings. The van der Waals surface area contributed by atoms with E-state index in [0.717, 1.165) is 18.4 Å². The van der Waals surface area contributed by atoms with Gasteiger partial charge in [-0.1, -0.05) is 55.3 Å². The van der Waals surface area contributed by atoms with Crippen LogP contribution in [0.15, 0.2) is 42.5 Å². The molecule has 0 bridgehead atoms. The third-order valence-corrected chi connectivity index (χ3v) is 4.24. The maximum absolute atomic E-state index is 12.5. The number of carbonyl (C=O) groups excluding carboxylic acids is 1. The van der Waals surface area contributed by atoms with E-state index in [2.05, 4.69) is 12.2 Å². The maximum atomic E-state index is 12.5. The van der Waals surface area contributed by atoms with Crippen molar-refractivity contribution in [2.75, 3.05) is 19.8 Å². The Hall–Kier alpha value is -2.24. The number of amides is 1. The molecule has 0 aliphatic carbocycles. The van der Waals surface area contributed by atoms with Crippen molar-refractivity contribution in [1.29, 1.82) is 0 Å². The van der Waals surface area contributed by atoms with Crippen molar-refractivity contribution in [3.8, 4) is 11.5 Å². The molecule has 5 nitrogen and oxygen atoms in total. The summed E-state index contributed by atoms with van der Waals surface area (Å²) in [5.74, 6) is 0.552. The van der Waals surface area contributed by atoms with Crippen molar-refractivity contribution in [3.63, 3.8) is 0 Å². The van der Waals surface area contributed by atoms with Gasteiger partial charge in [0.2, 0.25) is 0 Å². The van der Waals surface area contributed by atoms with Crippen molar-refractivity contribution in [2.24, 2.45) is 0 Å². The smallest absolute Gasteiger partial charge is 0.251 e. The molecule has 6 heteroatoms. The molecule has 0 heterocycles. The van der Waals surface area contributed by atoms with Crippen LogP contribution in [0.5, 0.6) is 11.5 Å². The van der Waals surface area contributed by atoms with Gasteiger partial charge in [0.1, 0.15) is 0 Å². The Morgan fingerprint density at radius 2 is 1.93 bits per heavy atom. The average molecular weight is 392 g/mol. The zero-order valence-corrected chi connectivity index (χ0v) is 16.5. The lowest BCUT2D eigenvalue weighted by molar-refractivity contribution is 0.0916. The van der Waals surface area contributed by atoms with Gasteiger partial charge in [0.05, 0.1) is 24.3 Å². The molecule has 0 aliphatic heterocycles. The molecule has 1 atom stereocenters. The molecule has 0 spiro atoms. The summed E-state index contributed by atoms with van der Waals surface area (Å²) in [6.45, 7) is 4.99. The second kappa shape index (κ2) is 10.8. The van der Waals surface area contributed by atoms with Crippen molar-refractivity contribution in [1.82, 2.24) is 5.32 Å². The van der Waals surface area contributed by atoms with Gasteiger partial charge in [-0.15, -0.1) is 0 Å². The van der Waals surface area contributed by atoms with Crippen molar-refractivity contribution in [3.05, 3.63) is 58.6 Å². The van der Waals surface area contributed by atoms with E-state index in [4.69, 9.17) is 21.1 Å². The first-order valence-corrected chi connectivity index (χ1v) is 9.54. The van der Waals surface area contributed by atoms with Gasteiger partial charge in [0.25, 0.3) is 5.91 Å². The first-order chi connectivity index (χ1) is 13.1. The number of nitrogens with one attached hydrogen (secondary N) is 1. The zero-order chi connectivity index (χ0) is 19.6. The molecule has 27 heavy (non-hydrogen) atoms. The normalized spacial score (nSPS) is 11.7. The highest BCUT2D eigenvalue weighted by molar-refractivity contribution is 6.32. The summed E-state index contributed by atoms with van der Waals surface area (Å²) in [5.41, 5.74) is 1.09. The third-order valence-electron chi connectivity index (χ3n) is 3.96. The summed E-state index contributed by atoms with van der Waals surface area (Å²) in [6.07, 6.45) is 1.13. The SMILES string of the molecule is CCCCOc1c(Cl)cc(C(=O)NCC(O)c2ccccc2)cc1OCC. The minimum absolute atomic E-state index is 0.0964. The fraction of sp³-hybridized carbons (Fsp3) is 0.381. The second-order valence-electron chi connectivity index (χ2n) is 6.06. The van der Waals surface area contributed by atoms with Crippen LogP contribution in [0.2, 0.25) is 5.02 Å². The largest absolute Gasteiger partial charge is 0.490 e. The summed E-state index contributed by atoms with van der Waals surface area (Å²) < 4.78 is 11.3. The molecular formula is C21H26ClNO4. The summed E-state index contributed by atoms with van der Waals surface area (Å²) in [7, 11) is 0. The van der Waals surface area contributed by atoms with E-state index in [-0.39, 0.29) is 12.5 Å². The number of aliphatic hydroxyl groups is 1. The highest BCUT2D eigenvalue weighted by Crippen LogP contribution is 2.37. The van der Waals surface area contributed by atoms with Gasteiger partial charge in [-0.25, -0.2) is 0 Å². The van der Waals surface area contributed by atoms with Crippen LogP contribution >= 0.6 is 11.6 Å². The Bertz CT molecular complexity index is 736. The van der Waals surface area contributed by atoms with Crippen LogP contribution in [0.1, 0.15) is 48.7 Å². The predicted octanol–water partition coefficient (Wildman–Crippen LogP) is 4.38. The van der Waals surface area contributed by atoms with Crippen molar-refractivity contribution >= 4 is 17.5 Å². The number of hydrogen-bond acceptors (Lipinski definition) is 4. The molecule has 0 fully saturated rings. The van der Waals surface area contributed by atoms with Crippen molar-refractivity contribution < 1.29 is 19.4 Å². The van der Waals surface area contributed by atoms with Crippen LogP contribution in [0.25, 0.3) is 0 Å². The Kier molecular flexibility index (Phi) is 8.43. The topological polar surface area (TPSA) is 67.8 Å². The number of aliphatic hydroxyl groups excluding tert-OH is 1. The minimum Gasteiger partial charge on any atom is -0.490 e. The van der Waals surface area contributed by atoms with Crippen LogP contribution in [0.4, 0.5) is 0 Å². The lowest BCUT2D eigenvalue weighted by atomic mass is 10.1. The summed E-state index contributed by atoms with van der Waals surface area (Å²) in [5, 5.41) is 13.2. The van der Waals surface area contributed by atoms with E-state index in [1.807, 2.05) is 37.3 Å². The molecule has 2 N–H and O–H groups in total. The van der Waals surface area contributed by atoms with Gasteiger partial charge < -0.3 is 19.9 Å². The van der Waals surface area contributed by atoms with Gasteiger partial charge in [0, 0.05) is 12.1 Å². The molecule has 0 saturated heterocycles. The van der Waals surface area contributed by atoms with Crippen LogP contribution < -0.4 is 14.8 Å². The summed E-state index contributed by atoms with van der Waals surface area (Å²) in [6, 6.07) is 12.3. The van der Waals surface area contributed by atoms with E-state index < -0.39 is 6.10 Å². The van der Waals surface area contributed by atoms with Gasteiger partial charge in [-0.3, -0.25) is 4.79 Å². The van der Waals surface area contributed by atoms with Crippen LogP contribution in [0, 0.1) is 0 Å². The summed E-state index contributed by atoms with van der Waals surface area (Å²) >= 11 is 6.32. The van der Waals surface area contributed by atoms with Gasteiger partial charge in [-0.2, -0.15) is 0 Å². The number of benzene rings is 2. The highest BCUT2D eigenvalue weighted by Gasteiger charge is 2.17. The Morgan fingerprint density at radius 3 is 2.59 bits per heavy atom. The molecule has 1 amide bonds. The van der Waals surface area contributed by atoms with Gasteiger partial charge in [-0.05, 0) is 31.0 Å². The number of carbonyl (C=O) groups is 1. The molecule has 0 saturated carbocycles. The lowest BCUT2D eigenvalue weighted by Crippen LogP contribution is -2.28. The Labute approximate surface area is 165 Å². The third kappa shape index (κ3) is 6.15. The van der Waals surface area contributed by atoms with E-state index in [1.54, 1.807) is 12.1 Å². The van der Waals surface area contributed by atoms with Gasteiger partial charge >= 0.3 is 0 Å². The molecular weight excluding hydrogens is 366 g/mol. The number of rotatable bonds is 10. The second-order valence-corrected chi connectivity index (χ2v) is 6.46. The Balaban J connectivity index is 2.08. The molecule has 1 unspecified atom stereocenters. The van der Waals surface area contributed by atoms with E-state index >= 15 is 0 Å². The predicted molar refractivity (Wildman–Crippen MR) is 107 cm³/mol. The molecule has 2 aromatic carbocycles. The van der Waals surface area contributed by atoms with Crippen molar-refractivity contribution in [2.45, 2.75) is 32.8 Å². The molecule has 0 aromatic heterocycles. The minimum atomic E-state index is -0.784. The lowest BCUT2D eigenvalue weighted by Gasteiger charge is -2.16. The quantitative estimate of drug-likeness (QED) is 0.590. The number of ether oxygens (including phenoxy) is 2. The Morgan fingerprint density at radius 1 is 1.19 bits per heavy atom. The van der Waals surface area contributed by atoms with Crippen LogP contribution in [-0.2, 0) is 0 Å². The standard InChI is InChI=1S/C21H26ClNO4/c1-3-5-11-27-20-17(22)12-16(13-19(20)26-4-2)21(25)23-14-18(24)15-9-7-6-8-10-15/h6-10,12-13,18,24H,3-5,11,14H2,1-2H3,(H,23,25). The number of unbranched alkanes of at least 4 members (excludes halogenated alkanes) is 1. The van der Waals surface area contributed by atoms with Gasteiger partial charge in [0.15, 0.2) is 11.5 Å². The van der Waals surface area contributed by atoms with E-state index in [1.165, 1.54) is 0 Å². The maximum Gasteiger partial charge on any atom is 0.251 e. The average Bonchev–Trinajstić information content (AvgIpc) is 2.68. The van der Waals surface area contributed by atoms with Crippen LogP contribution in [-0.4, -0.2) is 30.8 Å². The van der Waals surface area contributed by atoms with Crippen LogP contribution in [0.3, 0.4) is 0 Å². The fourth-order valence-corrected chi connectivity index (χ4v) is 2.77. The first-order valence-electron chi connectivity index (χ1n) is 9.17. The summed E-state index contributed by atoms with van der Waals surface area (Å²) in [4.78, 5) is 12.5. The van der Waals surface area contributed by atoms with E-state index in [0.29, 0.717) is 35.3 Å². The first kappa shape index (κ1) is 21.1. The zero-order valence-electron chi connectivity index (χ0n) is 15.7. The highest BCUT2D eigenvalue weighted by atomic mass is 35.5. The molecule has 2 rings (SSSR count). The number of hydrogen-bond donors (Lipinski definition) is 2.